The van der Waals surface area contributed by atoms with Gasteiger partial charge in [0.25, 0.3) is 0 Å². The van der Waals surface area contributed by atoms with E-state index in [0.717, 1.165) is 32.6 Å². The fourth-order valence-corrected chi connectivity index (χ4v) is 3.03. The highest BCUT2D eigenvalue weighted by atomic mass is 32.1. The van der Waals surface area contributed by atoms with Gasteiger partial charge in [-0.2, -0.15) is 0 Å². The summed E-state index contributed by atoms with van der Waals surface area (Å²) in [4.78, 5) is 13.1. The lowest BCUT2D eigenvalue weighted by atomic mass is 10.3. The molecule has 0 amide bonds. The molecule has 20 heavy (non-hydrogen) atoms. The zero-order valence-electron chi connectivity index (χ0n) is 10.7. The van der Waals surface area contributed by atoms with Crippen molar-refractivity contribution in [2.24, 2.45) is 0 Å². The quantitative estimate of drug-likeness (QED) is 0.582. The number of hydrogen-bond acceptors (Lipinski definition) is 5. The number of anilines is 1. The number of nitrogens with two attached hydrogens (primary N) is 1. The van der Waals surface area contributed by atoms with E-state index in [0.29, 0.717) is 5.95 Å². The average molecular weight is 281 g/mol. The Morgan fingerprint density at radius 2 is 2.05 bits per heavy atom. The van der Waals surface area contributed by atoms with E-state index in [1.807, 2.05) is 41.4 Å². The molecule has 3 heterocycles. The van der Waals surface area contributed by atoms with E-state index in [2.05, 4.69) is 21.0 Å². The number of fused-ring (bicyclic) bond motifs is 2. The van der Waals surface area contributed by atoms with Gasteiger partial charge in [-0.05, 0) is 36.8 Å². The maximum absolute atomic E-state index is 6.05. The van der Waals surface area contributed by atoms with Crippen LogP contribution >= 0.6 is 11.3 Å². The van der Waals surface area contributed by atoms with Crippen LogP contribution in [0.2, 0.25) is 0 Å². The minimum atomic E-state index is 0.446. The lowest BCUT2D eigenvalue weighted by molar-refractivity contribution is 1.09. The van der Waals surface area contributed by atoms with Crippen molar-refractivity contribution in [1.82, 2.24) is 19.5 Å². The standard InChI is InChI=1S/C14H11N5S/c1-8-4-11-13(16-6-8)19(14(15)18-11)9-2-3-10-12(5-9)20-7-17-10/h2-7H,1H3,(H2,15,18). The van der Waals surface area contributed by atoms with E-state index in [9.17, 15) is 0 Å². The van der Waals surface area contributed by atoms with Crippen LogP contribution in [0.25, 0.3) is 27.1 Å². The number of hydrogen-bond donors (Lipinski definition) is 1. The van der Waals surface area contributed by atoms with E-state index in [4.69, 9.17) is 5.73 Å². The lowest BCUT2D eigenvalue weighted by Gasteiger charge is -2.05. The molecule has 0 radical (unpaired) electrons. The van der Waals surface area contributed by atoms with Crippen LogP contribution in [-0.4, -0.2) is 19.5 Å². The van der Waals surface area contributed by atoms with Gasteiger partial charge in [0, 0.05) is 6.20 Å². The van der Waals surface area contributed by atoms with E-state index in [1.165, 1.54) is 0 Å². The SMILES string of the molecule is Cc1cnc2c(c1)nc(N)n2-c1ccc2ncsc2c1. The second-order valence-corrected chi connectivity index (χ2v) is 5.55. The van der Waals surface area contributed by atoms with Gasteiger partial charge in [0.15, 0.2) is 5.65 Å². The average Bonchev–Trinajstić information content (AvgIpc) is 3.00. The van der Waals surface area contributed by atoms with Crippen molar-refractivity contribution in [1.29, 1.82) is 0 Å². The monoisotopic (exact) mass is 281 g/mol. The topological polar surface area (TPSA) is 69.6 Å². The number of aromatic nitrogens is 4. The molecule has 4 rings (SSSR count). The van der Waals surface area contributed by atoms with E-state index in [1.54, 1.807) is 11.3 Å². The summed E-state index contributed by atoms with van der Waals surface area (Å²) in [6.07, 6.45) is 1.82. The molecule has 6 heteroatoms. The molecular formula is C14H11N5S. The maximum Gasteiger partial charge on any atom is 0.207 e. The number of nitrogens with zero attached hydrogens (tertiary/aromatic N) is 4. The van der Waals surface area contributed by atoms with Gasteiger partial charge in [-0.15, -0.1) is 11.3 Å². The Balaban J connectivity index is 2.03. The first-order valence-electron chi connectivity index (χ1n) is 6.16. The first-order chi connectivity index (χ1) is 9.72. The van der Waals surface area contributed by atoms with E-state index >= 15 is 0 Å². The van der Waals surface area contributed by atoms with Crippen LogP contribution in [0, 0.1) is 6.92 Å². The Kier molecular flexibility index (Phi) is 2.28. The Hall–Kier alpha value is -2.47. The number of imidazole rings is 1. The van der Waals surface area contributed by atoms with Gasteiger partial charge in [-0.3, -0.25) is 4.57 Å². The molecule has 0 bridgehead atoms. The predicted molar refractivity (Wildman–Crippen MR) is 81.2 cm³/mol. The zero-order valence-corrected chi connectivity index (χ0v) is 11.6. The van der Waals surface area contributed by atoms with Crippen molar-refractivity contribution >= 4 is 38.7 Å². The van der Waals surface area contributed by atoms with Crippen LogP contribution in [0.3, 0.4) is 0 Å². The summed E-state index contributed by atoms with van der Waals surface area (Å²) in [6, 6.07) is 8.02. The number of rotatable bonds is 1. The molecule has 0 saturated carbocycles. The summed E-state index contributed by atoms with van der Waals surface area (Å²) in [7, 11) is 0. The summed E-state index contributed by atoms with van der Waals surface area (Å²) in [6.45, 7) is 1.99. The number of thiazole rings is 1. The minimum Gasteiger partial charge on any atom is -0.369 e. The molecule has 0 aliphatic heterocycles. The van der Waals surface area contributed by atoms with Crippen LogP contribution < -0.4 is 5.73 Å². The van der Waals surface area contributed by atoms with Gasteiger partial charge in [-0.25, -0.2) is 15.0 Å². The van der Waals surface area contributed by atoms with Crippen LogP contribution in [0.15, 0.2) is 36.0 Å². The number of pyridine rings is 1. The fourth-order valence-electron chi connectivity index (χ4n) is 2.32. The van der Waals surface area contributed by atoms with Crippen molar-refractivity contribution in [3.05, 3.63) is 41.5 Å². The maximum atomic E-state index is 6.05. The molecule has 0 aliphatic rings. The first kappa shape index (κ1) is 11.4. The molecule has 0 atom stereocenters. The molecule has 0 aliphatic carbocycles. The molecule has 0 spiro atoms. The van der Waals surface area contributed by atoms with Crippen LogP contribution in [0.1, 0.15) is 5.56 Å². The number of nitrogen functional groups attached to an aromatic ring is 1. The first-order valence-corrected chi connectivity index (χ1v) is 7.04. The predicted octanol–water partition coefficient (Wildman–Crippen LogP) is 2.92. The molecule has 5 nitrogen and oxygen atoms in total. The molecule has 4 aromatic rings. The third kappa shape index (κ3) is 1.58. The Morgan fingerprint density at radius 3 is 2.95 bits per heavy atom. The number of aryl methyl sites for hydroxylation is 1. The van der Waals surface area contributed by atoms with Gasteiger partial charge in [0.05, 0.1) is 21.4 Å². The largest absolute Gasteiger partial charge is 0.369 e. The van der Waals surface area contributed by atoms with Gasteiger partial charge >= 0.3 is 0 Å². The molecule has 3 aromatic heterocycles. The van der Waals surface area contributed by atoms with E-state index < -0.39 is 0 Å². The third-order valence-corrected chi connectivity index (χ3v) is 4.02. The smallest absolute Gasteiger partial charge is 0.207 e. The molecule has 0 unspecified atom stereocenters. The second-order valence-electron chi connectivity index (χ2n) is 4.67. The van der Waals surface area contributed by atoms with Crippen LogP contribution in [0.4, 0.5) is 5.95 Å². The highest BCUT2D eigenvalue weighted by Crippen LogP contribution is 2.26. The lowest BCUT2D eigenvalue weighted by Crippen LogP contribution is -2.01. The van der Waals surface area contributed by atoms with Crippen molar-refractivity contribution in [2.45, 2.75) is 6.92 Å². The summed E-state index contributed by atoms with van der Waals surface area (Å²) in [5.74, 6) is 0.446. The summed E-state index contributed by atoms with van der Waals surface area (Å²) in [5, 5.41) is 0. The summed E-state index contributed by atoms with van der Waals surface area (Å²) in [5.41, 5.74) is 12.5. The minimum absolute atomic E-state index is 0.446. The summed E-state index contributed by atoms with van der Waals surface area (Å²) < 4.78 is 2.99. The number of benzene rings is 1. The molecular weight excluding hydrogens is 270 g/mol. The van der Waals surface area contributed by atoms with E-state index in [-0.39, 0.29) is 0 Å². The normalized spacial score (nSPS) is 11.4. The summed E-state index contributed by atoms with van der Waals surface area (Å²) >= 11 is 1.61. The van der Waals surface area contributed by atoms with Gasteiger partial charge in [0.2, 0.25) is 5.95 Å². The van der Waals surface area contributed by atoms with Crippen molar-refractivity contribution < 1.29 is 0 Å². The molecule has 0 fully saturated rings. The Labute approximate surface area is 118 Å². The second kappa shape index (κ2) is 4.01. The van der Waals surface area contributed by atoms with Crippen LogP contribution in [-0.2, 0) is 0 Å². The third-order valence-electron chi connectivity index (χ3n) is 3.23. The molecule has 1 aromatic carbocycles. The Bertz CT molecular complexity index is 937. The van der Waals surface area contributed by atoms with Crippen molar-refractivity contribution in [3.63, 3.8) is 0 Å². The molecule has 2 N–H and O–H groups in total. The highest BCUT2D eigenvalue weighted by Gasteiger charge is 2.12. The highest BCUT2D eigenvalue weighted by molar-refractivity contribution is 7.16. The fraction of sp³-hybridized carbons (Fsp3) is 0.0714. The molecule has 98 valence electrons. The zero-order chi connectivity index (χ0) is 13.7. The van der Waals surface area contributed by atoms with Crippen LogP contribution in [0.5, 0.6) is 0 Å². The van der Waals surface area contributed by atoms with Gasteiger partial charge in [-0.1, -0.05) is 0 Å². The molecule has 0 saturated heterocycles. The van der Waals surface area contributed by atoms with Crippen molar-refractivity contribution in [3.8, 4) is 5.69 Å². The van der Waals surface area contributed by atoms with Gasteiger partial charge < -0.3 is 5.73 Å². The van der Waals surface area contributed by atoms with Gasteiger partial charge in [0.1, 0.15) is 5.52 Å². The van der Waals surface area contributed by atoms with Crippen molar-refractivity contribution in [2.75, 3.05) is 5.73 Å². The Morgan fingerprint density at radius 1 is 1.15 bits per heavy atom.